The number of nitrogens with one attached hydrogen (secondary N) is 4. The van der Waals surface area contributed by atoms with E-state index in [-0.39, 0.29) is 35.9 Å². The van der Waals surface area contributed by atoms with E-state index in [1.165, 1.54) is 24.3 Å². The van der Waals surface area contributed by atoms with Crippen LogP contribution in [-0.2, 0) is 16.1 Å². The Kier molecular flexibility index (Phi) is 11.5. The summed E-state index contributed by atoms with van der Waals surface area (Å²) in [4.78, 5) is 39.7. The maximum Gasteiger partial charge on any atom is 0.573 e. The lowest BCUT2D eigenvalue weighted by Crippen LogP contribution is -2.53. The van der Waals surface area contributed by atoms with Crippen molar-refractivity contribution < 1.29 is 32.3 Å². The molecule has 3 atom stereocenters. The van der Waals surface area contributed by atoms with Gasteiger partial charge in [0.2, 0.25) is 11.8 Å². The minimum Gasteiger partial charge on any atom is -0.406 e. The Bertz CT molecular complexity index is 1390. The predicted molar refractivity (Wildman–Crippen MR) is 167 cm³/mol. The highest BCUT2D eigenvalue weighted by Crippen LogP contribution is 2.35. The van der Waals surface area contributed by atoms with Crippen LogP contribution in [0.5, 0.6) is 5.75 Å². The molecule has 2 aromatic rings. The summed E-state index contributed by atoms with van der Waals surface area (Å²) < 4.78 is 41.3. The molecular weight excluding hydrogens is 585 g/mol. The topological polar surface area (TPSA) is 109 Å². The van der Waals surface area contributed by atoms with Gasteiger partial charge in [0.1, 0.15) is 11.8 Å². The maximum atomic E-state index is 13.4. The molecule has 45 heavy (non-hydrogen) atoms. The SMILES string of the molecule is C=C(N[C@@H](C)C(=O)N[C@H](C(C(=O)NCc1ccc(OC(F)(F)F)cc1)=C1CC1)C(C)C)[C@@H](NC(=O)c1ccccc1)C(C)(C)C. The Labute approximate surface area is 262 Å². The summed E-state index contributed by atoms with van der Waals surface area (Å²) in [6.45, 7) is 15.6. The average molecular weight is 629 g/mol. The maximum absolute atomic E-state index is 13.4. The fraction of sp³-hybridized carbons (Fsp3) is 0.441. The fourth-order valence-electron chi connectivity index (χ4n) is 4.85. The molecule has 4 N–H and O–H groups in total. The summed E-state index contributed by atoms with van der Waals surface area (Å²) in [5.74, 6) is -1.42. The van der Waals surface area contributed by atoms with Gasteiger partial charge in [-0.3, -0.25) is 14.4 Å². The van der Waals surface area contributed by atoms with Gasteiger partial charge in [-0.1, -0.05) is 77.1 Å². The number of ether oxygens (including phenoxy) is 1. The zero-order valence-electron chi connectivity index (χ0n) is 26.6. The standard InChI is InChI=1S/C34H43F3N4O4/c1-20(2)28(27(24-15-16-24)32(44)38-19-23-13-17-26(18-14-23)45-34(35,36)37)40-30(42)22(4)39-21(3)29(33(5,6)7)41-31(43)25-11-9-8-10-12-25/h8-14,17-18,20,22,28-29,39H,3,15-16,19H2,1-2,4-7H3,(H,38,44)(H,40,42)(H,41,43)/t22-,28-,29+/m0/s1. The summed E-state index contributed by atoms with van der Waals surface area (Å²) in [6, 6.07) is 12.3. The first-order valence-electron chi connectivity index (χ1n) is 14.9. The third kappa shape index (κ3) is 10.7. The molecule has 0 spiro atoms. The first-order valence-corrected chi connectivity index (χ1v) is 14.9. The molecule has 0 aromatic heterocycles. The van der Waals surface area contributed by atoms with Crippen LogP contribution >= 0.6 is 0 Å². The quantitative estimate of drug-likeness (QED) is 0.211. The number of alkyl halides is 3. The summed E-state index contributed by atoms with van der Waals surface area (Å²) in [5, 5.41) is 12.0. The highest BCUT2D eigenvalue weighted by Gasteiger charge is 2.35. The summed E-state index contributed by atoms with van der Waals surface area (Å²) in [5.41, 5.74) is 2.59. The number of halogens is 3. The van der Waals surface area contributed by atoms with Crippen molar-refractivity contribution in [1.82, 2.24) is 21.3 Å². The van der Waals surface area contributed by atoms with Gasteiger partial charge in [0.15, 0.2) is 0 Å². The van der Waals surface area contributed by atoms with Crippen LogP contribution in [-0.4, -0.2) is 42.2 Å². The molecular formula is C34H43F3N4O4. The molecule has 3 amide bonds. The Morgan fingerprint density at radius 2 is 1.49 bits per heavy atom. The smallest absolute Gasteiger partial charge is 0.406 e. The van der Waals surface area contributed by atoms with Gasteiger partial charge in [-0.05, 0) is 60.9 Å². The number of rotatable bonds is 13. The van der Waals surface area contributed by atoms with Crippen molar-refractivity contribution in [1.29, 1.82) is 0 Å². The van der Waals surface area contributed by atoms with Gasteiger partial charge in [-0.25, -0.2) is 0 Å². The zero-order valence-corrected chi connectivity index (χ0v) is 26.6. The number of hydrogen-bond acceptors (Lipinski definition) is 5. The normalized spacial score (nSPS) is 14.9. The summed E-state index contributed by atoms with van der Waals surface area (Å²) in [7, 11) is 0. The van der Waals surface area contributed by atoms with E-state index in [1.54, 1.807) is 31.2 Å². The molecule has 1 fully saturated rings. The van der Waals surface area contributed by atoms with E-state index in [0.717, 1.165) is 18.4 Å². The van der Waals surface area contributed by atoms with Gasteiger partial charge in [-0.15, -0.1) is 13.2 Å². The van der Waals surface area contributed by atoms with Crippen LogP contribution in [0.2, 0.25) is 0 Å². The Morgan fingerprint density at radius 1 is 0.889 bits per heavy atom. The van der Waals surface area contributed by atoms with Crippen molar-refractivity contribution in [2.24, 2.45) is 11.3 Å². The van der Waals surface area contributed by atoms with Gasteiger partial charge in [0.25, 0.3) is 5.91 Å². The second-order valence-corrected chi connectivity index (χ2v) is 12.7. The molecule has 0 saturated heterocycles. The van der Waals surface area contributed by atoms with Crippen molar-refractivity contribution in [2.45, 2.75) is 85.4 Å². The van der Waals surface area contributed by atoms with Crippen molar-refractivity contribution in [3.63, 3.8) is 0 Å². The van der Waals surface area contributed by atoms with E-state index < -0.39 is 29.9 Å². The van der Waals surface area contributed by atoms with Crippen molar-refractivity contribution in [3.8, 4) is 5.75 Å². The molecule has 0 unspecified atom stereocenters. The van der Waals surface area contributed by atoms with E-state index in [1.807, 2.05) is 40.7 Å². The van der Waals surface area contributed by atoms with Crippen LogP contribution in [0.25, 0.3) is 0 Å². The molecule has 0 bridgehead atoms. The second-order valence-electron chi connectivity index (χ2n) is 12.7. The lowest BCUT2D eigenvalue weighted by Gasteiger charge is -2.35. The predicted octanol–water partition coefficient (Wildman–Crippen LogP) is 5.77. The fourth-order valence-corrected chi connectivity index (χ4v) is 4.85. The molecule has 0 heterocycles. The number of benzene rings is 2. The van der Waals surface area contributed by atoms with E-state index in [0.29, 0.717) is 22.4 Å². The van der Waals surface area contributed by atoms with E-state index >= 15 is 0 Å². The van der Waals surface area contributed by atoms with Crippen LogP contribution in [0.3, 0.4) is 0 Å². The van der Waals surface area contributed by atoms with Crippen LogP contribution in [0.4, 0.5) is 13.2 Å². The Hall–Kier alpha value is -4.28. The third-order valence-corrected chi connectivity index (χ3v) is 7.33. The van der Waals surface area contributed by atoms with E-state index in [9.17, 15) is 27.6 Å². The molecule has 0 radical (unpaired) electrons. The Balaban J connectivity index is 1.65. The minimum atomic E-state index is -4.79. The molecule has 1 saturated carbocycles. The highest BCUT2D eigenvalue weighted by atomic mass is 19.4. The highest BCUT2D eigenvalue weighted by molar-refractivity contribution is 5.97. The summed E-state index contributed by atoms with van der Waals surface area (Å²) in [6.07, 6.45) is -3.31. The van der Waals surface area contributed by atoms with Crippen molar-refractivity contribution in [2.75, 3.05) is 0 Å². The van der Waals surface area contributed by atoms with Crippen LogP contribution in [0, 0.1) is 11.3 Å². The molecule has 1 aliphatic rings. The van der Waals surface area contributed by atoms with Crippen molar-refractivity contribution >= 4 is 17.7 Å². The Morgan fingerprint density at radius 3 is 2.00 bits per heavy atom. The number of hydrogen-bond donors (Lipinski definition) is 4. The van der Waals surface area contributed by atoms with Crippen LogP contribution in [0.15, 0.2) is 78.0 Å². The number of amides is 3. The monoisotopic (exact) mass is 628 g/mol. The average Bonchev–Trinajstić information content (AvgIpc) is 3.79. The number of carbonyl (C=O) groups excluding carboxylic acids is 3. The van der Waals surface area contributed by atoms with Gasteiger partial charge in [0, 0.05) is 23.4 Å². The second kappa shape index (κ2) is 14.7. The minimum absolute atomic E-state index is 0.0847. The van der Waals surface area contributed by atoms with Gasteiger partial charge < -0.3 is 26.0 Å². The van der Waals surface area contributed by atoms with Crippen LogP contribution in [0.1, 0.15) is 70.3 Å². The van der Waals surface area contributed by atoms with Gasteiger partial charge >= 0.3 is 6.36 Å². The van der Waals surface area contributed by atoms with E-state index in [2.05, 4.69) is 32.6 Å². The first kappa shape index (κ1) is 35.2. The molecule has 8 nitrogen and oxygen atoms in total. The largest absolute Gasteiger partial charge is 0.573 e. The molecule has 2 aromatic carbocycles. The summed E-state index contributed by atoms with van der Waals surface area (Å²) >= 11 is 0. The molecule has 0 aliphatic heterocycles. The molecule has 3 rings (SSSR count). The van der Waals surface area contributed by atoms with Gasteiger partial charge in [0.05, 0.1) is 12.1 Å². The molecule has 1 aliphatic carbocycles. The van der Waals surface area contributed by atoms with E-state index in [4.69, 9.17) is 0 Å². The number of allylic oxidation sites excluding steroid dienone is 1. The first-order chi connectivity index (χ1) is 21.0. The lowest BCUT2D eigenvalue weighted by atomic mass is 9.84. The van der Waals surface area contributed by atoms with Crippen LogP contribution < -0.4 is 26.0 Å². The van der Waals surface area contributed by atoms with Gasteiger partial charge in [-0.2, -0.15) is 0 Å². The zero-order chi connectivity index (χ0) is 33.5. The third-order valence-electron chi connectivity index (χ3n) is 7.33. The molecule has 11 heteroatoms. The lowest BCUT2D eigenvalue weighted by molar-refractivity contribution is -0.274. The number of carbonyl (C=O) groups is 3. The molecule has 244 valence electrons. The van der Waals surface area contributed by atoms with Crippen molar-refractivity contribution in [3.05, 3.63) is 89.1 Å².